The zero-order valence-electron chi connectivity index (χ0n) is 16.3. The van der Waals surface area contributed by atoms with Crippen LogP contribution in [0.2, 0.25) is 0 Å². The number of cyclic esters (lactones) is 2. The van der Waals surface area contributed by atoms with Crippen molar-refractivity contribution in [1.29, 1.82) is 0 Å². The van der Waals surface area contributed by atoms with E-state index in [1.165, 1.54) is 83.5 Å². The zero-order valence-corrected chi connectivity index (χ0v) is 16.3. The average molecular weight is 351 g/mol. The van der Waals surface area contributed by atoms with Crippen LogP contribution >= 0.6 is 0 Å². The van der Waals surface area contributed by atoms with Crippen molar-refractivity contribution in [3.8, 4) is 0 Å². The minimum absolute atomic E-state index is 0.158. The third-order valence-electron chi connectivity index (χ3n) is 5.01. The van der Waals surface area contributed by atoms with Gasteiger partial charge in [0.2, 0.25) is 0 Å². The van der Waals surface area contributed by atoms with Gasteiger partial charge in [-0.2, -0.15) is 0 Å². The summed E-state index contributed by atoms with van der Waals surface area (Å²) in [6, 6.07) is 0. The molecule has 1 rings (SSSR count). The van der Waals surface area contributed by atoms with Crippen molar-refractivity contribution in [2.45, 2.75) is 110 Å². The van der Waals surface area contributed by atoms with Crippen LogP contribution < -0.4 is 0 Å². The van der Waals surface area contributed by atoms with Gasteiger partial charge in [-0.05, 0) is 25.7 Å². The van der Waals surface area contributed by atoms with Crippen molar-refractivity contribution in [1.82, 2.24) is 0 Å². The Morgan fingerprint density at radius 3 is 1.84 bits per heavy atom. The first-order chi connectivity index (χ1) is 12.2. The Labute approximate surface area is 154 Å². The van der Waals surface area contributed by atoms with Crippen molar-refractivity contribution in [2.75, 3.05) is 0 Å². The molecule has 0 amide bonds. The van der Waals surface area contributed by atoms with Gasteiger partial charge in [-0.3, -0.25) is 9.59 Å². The molecule has 1 atom stereocenters. The number of unbranched alkanes of at least 4 members (excludes halogenated alkanes) is 12. The first-order valence-electron chi connectivity index (χ1n) is 10.6. The lowest BCUT2D eigenvalue weighted by molar-refractivity contribution is -0.153. The predicted octanol–water partition coefficient (Wildman–Crippen LogP) is 6.50. The summed E-state index contributed by atoms with van der Waals surface area (Å²) < 4.78 is 4.57. The second-order valence-electron chi connectivity index (χ2n) is 7.42. The normalized spacial score (nSPS) is 17.6. The Kier molecular flexibility index (Phi) is 13.3. The maximum absolute atomic E-state index is 11.3. The van der Waals surface area contributed by atoms with Gasteiger partial charge in [0.05, 0.1) is 12.3 Å². The molecule has 0 aliphatic carbocycles. The summed E-state index contributed by atoms with van der Waals surface area (Å²) in [6.07, 6.45) is 23.9. The highest BCUT2D eigenvalue weighted by Gasteiger charge is 2.32. The van der Waals surface area contributed by atoms with Crippen molar-refractivity contribution in [3.05, 3.63) is 12.2 Å². The van der Waals surface area contributed by atoms with E-state index in [-0.39, 0.29) is 17.9 Å². The van der Waals surface area contributed by atoms with Gasteiger partial charge in [0.25, 0.3) is 0 Å². The fourth-order valence-electron chi connectivity index (χ4n) is 3.39. The molecule has 1 heterocycles. The lowest BCUT2D eigenvalue weighted by Crippen LogP contribution is -2.06. The molecule has 1 fully saturated rings. The van der Waals surface area contributed by atoms with Gasteiger partial charge in [-0.25, -0.2) is 0 Å². The van der Waals surface area contributed by atoms with Gasteiger partial charge in [0.1, 0.15) is 0 Å². The molecule has 25 heavy (non-hydrogen) atoms. The number of hydrogen-bond acceptors (Lipinski definition) is 3. The van der Waals surface area contributed by atoms with Crippen LogP contribution in [-0.4, -0.2) is 11.9 Å². The van der Waals surface area contributed by atoms with Gasteiger partial charge < -0.3 is 4.74 Å². The number of hydrogen-bond donors (Lipinski definition) is 0. The fraction of sp³-hybridized carbons (Fsp3) is 0.818. The van der Waals surface area contributed by atoms with E-state index in [1.54, 1.807) is 0 Å². The molecular formula is C22H38O3. The Morgan fingerprint density at radius 2 is 1.32 bits per heavy atom. The van der Waals surface area contributed by atoms with Crippen molar-refractivity contribution >= 4 is 11.9 Å². The maximum Gasteiger partial charge on any atom is 0.317 e. The molecule has 3 heteroatoms. The molecule has 0 aromatic heterocycles. The van der Waals surface area contributed by atoms with Gasteiger partial charge in [0.15, 0.2) is 0 Å². The lowest BCUT2D eigenvalue weighted by atomic mass is 9.98. The van der Waals surface area contributed by atoms with Gasteiger partial charge in [-0.15, -0.1) is 0 Å². The molecule has 0 saturated carbocycles. The molecule has 0 aromatic rings. The summed E-state index contributed by atoms with van der Waals surface area (Å²) in [4.78, 5) is 22.3. The van der Waals surface area contributed by atoms with E-state index in [9.17, 15) is 9.59 Å². The Morgan fingerprint density at radius 1 is 0.800 bits per heavy atom. The third-order valence-corrected chi connectivity index (χ3v) is 5.01. The first kappa shape index (κ1) is 21.9. The molecule has 0 aromatic carbocycles. The largest absolute Gasteiger partial charge is 0.393 e. The van der Waals surface area contributed by atoms with E-state index < -0.39 is 0 Å². The summed E-state index contributed by atoms with van der Waals surface area (Å²) >= 11 is 0. The molecule has 0 spiro atoms. The van der Waals surface area contributed by atoms with Crippen molar-refractivity contribution in [2.24, 2.45) is 5.92 Å². The molecule has 1 aliphatic heterocycles. The van der Waals surface area contributed by atoms with Crippen LogP contribution in [0.1, 0.15) is 110 Å². The number of carbonyl (C=O) groups is 2. The zero-order chi connectivity index (χ0) is 18.2. The molecule has 1 unspecified atom stereocenters. The Hall–Kier alpha value is -1.12. The number of rotatable bonds is 16. The smallest absolute Gasteiger partial charge is 0.317 e. The van der Waals surface area contributed by atoms with E-state index in [1.807, 2.05) is 0 Å². The van der Waals surface area contributed by atoms with E-state index in [2.05, 4.69) is 23.8 Å². The summed E-state index contributed by atoms with van der Waals surface area (Å²) in [5.41, 5.74) is 0. The quantitative estimate of drug-likeness (QED) is 0.138. The minimum atomic E-state index is -0.344. The molecule has 0 radical (unpaired) electrons. The Balaban J connectivity index is 1.75. The summed E-state index contributed by atoms with van der Waals surface area (Å²) in [5.74, 6) is -0.806. The Bertz CT molecular complexity index is 387. The summed E-state index contributed by atoms with van der Waals surface area (Å²) in [6.45, 7) is 2.22. The third kappa shape index (κ3) is 12.0. The average Bonchev–Trinajstić information content (AvgIpc) is 2.92. The molecule has 0 N–H and O–H groups in total. The van der Waals surface area contributed by atoms with Crippen LogP contribution in [-0.2, 0) is 14.3 Å². The second kappa shape index (κ2) is 15.2. The van der Waals surface area contributed by atoms with Crippen LogP contribution in [0.3, 0.4) is 0 Å². The minimum Gasteiger partial charge on any atom is -0.393 e. The highest BCUT2D eigenvalue weighted by atomic mass is 16.6. The van der Waals surface area contributed by atoms with Crippen LogP contribution in [0, 0.1) is 5.92 Å². The predicted molar refractivity (Wildman–Crippen MR) is 103 cm³/mol. The summed E-state index contributed by atoms with van der Waals surface area (Å²) in [7, 11) is 0. The van der Waals surface area contributed by atoms with Gasteiger partial charge in [0, 0.05) is 0 Å². The van der Waals surface area contributed by atoms with Gasteiger partial charge in [-0.1, -0.05) is 89.7 Å². The molecule has 3 nitrogen and oxygen atoms in total. The van der Waals surface area contributed by atoms with Crippen LogP contribution in [0.5, 0.6) is 0 Å². The summed E-state index contributed by atoms with van der Waals surface area (Å²) in [5, 5.41) is 0. The number of allylic oxidation sites excluding steroid dienone is 2. The first-order valence-corrected chi connectivity index (χ1v) is 10.6. The number of ether oxygens (including phenoxy) is 1. The molecule has 1 aliphatic rings. The molecule has 1 saturated heterocycles. The van der Waals surface area contributed by atoms with Crippen LogP contribution in [0.15, 0.2) is 12.2 Å². The monoisotopic (exact) mass is 350 g/mol. The number of carbonyl (C=O) groups excluding carboxylic acids is 2. The lowest BCUT2D eigenvalue weighted by Gasteiger charge is -2.05. The molecule has 144 valence electrons. The van der Waals surface area contributed by atoms with Crippen LogP contribution in [0.4, 0.5) is 0 Å². The molecule has 0 bridgehead atoms. The maximum atomic E-state index is 11.3. The SMILES string of the molecule is CCCC=CCCCCCCCCCCCCCC1CC(=O)OC1=O. The topological polar surface area (TPSA) is 43.4 Å². The second-order valence-corrected chi connectivity index (χ2v) is 7.42. The highest BCUT2D eigenvalue weighted by molar-refractivity contribution is 5.94. The molecular weight excluding hydrogens is 312 g/mol. The van der Waals surface area contributed by atoms with Gasteiger partial charge >= 0.3 is 11.9 Å². The van der Waals surface area contributed by atoms with E-state index in [0.717, 1.165) is 12.8 Å². The van der Waals surface area contributed by atoms with Crippen LogP contribution in [0.25, 0.3) is 0 Å². The number of esters is 2. The highest BCUT2D eigenvalue weighted by Crippen LogP contribution is 2.22. The fourth-order valence-corrected chi connectivity index (χ4v) is 3.39. The van der Waals surface area contributed by atoms with E-state index in [4.69, 9.17) is 0 Å². The standard InChI is InChI=1S/C22H38O3/c1-2-3-4-5-6-7-8-9-10-11-12-13-14-15-16-17-18-20-19-21(23)25-22(20)24/h4-5,20H,2-3,6-19H2,1H3. The van der Waals surface area contributed by atoms with E-state index in [0.29, 0.717) is 6.42 Å². The van der Waals surface area contributed by atoms with Crippen molar-refractivity contribution < 1.29 is 14.3 Å². The van der Waals surface area contributed by atoms with Crippen molar-refractivity contribution in [3.63, 3.8) is 0 Å². The van der Waals surface area contributed by atoms with E-state index >= 15 is 0 Å².